The summed E-state index contributed by atoms with van der Waals surface area (Å²) < 4.78 is 41.1. The van der Waals surface area contributed by atoms with E-state index in [-0.39, 0.29) is 34.8 Å². The van der Waals surface area contributed by atoms with E-state index in [4.69, 9.17) is 34.7 Å². The molecule has 0 unspecified atom stereocenters. The van der Waals surface area contributed by atoms with Gasteiger partial charge in [-0.25, -0.2) is 0 Å². The first-order valence-electron chi connectivity index (χ1n) is 10.3. The highest BCUT2D eigenvalue weighted by molar-refractivity contribution is 6.43. The molecule has 0 amide bonds. The summed E-state index contributed by atoms with van der Waals surface area (Å²) in [6.07, 6.45) is -3.22. The maximum absolute atomic E-state index is 13.2. The third kappa shape index (κ3) is 3.84. The zero-order valence-corrected chi connectivity index (χ0v) is 18.9. The molecule has 1 saturated heterocycles. The minimum Gasteiger partial charge on any atom is -0.383 e. The average Bonchev–Trinajstić information content (AvgIpc) is 3.05. The van der Waals surface area contributed by atoms with Gasteiger partial charge in [0.15, 0.2) is 0 Å². The Balaban J connectivity index is 1.60. The molecule has 0 radical (unpaired) electrons. The Morgan fingerprint density at radius 1 is 1.22 bits per heavy atom. The van der Waals surface area contributed by atoms with Crippen LogP contribution < -0.4 is 21.9 Å². The van der Waals surface area contributed by atoms with Crippen LogP contribution in [0.4, 0.5) is 24.9 Å². The number of nitrogens with two attached hydrogens (primary N) is 2. The second-order valence-corrected chi connectivity index (χ2v) is 9.56. The van der Waals surface area contributed by atoms with Crippen LogP contribution in [-0.4, -0.2) is 34.9 Å². The molecule has 32 heavy (non-hydrogen) atoms. The predicted molar refractivity (Wildman–Crippen MR) is 120 cm³/mol. The van der Waals surface area contributed by atoms with Crippen LogP contribution in [0, 0.1) is 11.3 Å². The van der Waals surface area contributed by atoms with Gasteiger partial charge in [-0.3, -0.25) is 9.36 Å². The normalized spacial score (nSPS) is 23.2. The molecule has 174 valence electrons. The molecule has 2 atom stereocenters. The van der Waals surface area contributed by atoms with E-state index in [9.17, 15) is 18.0 Å². The molecule has 11 heteroatoms. The van der Waals surface area contributed by atoms with Gasteiger partial charge in [0.2, 0.25) is 5.95 Å². The molecule has 1 aliphatic heterocycles. The monoisotopic (exact) mass is 489 g/mol. The fourth-order valence-corrected chi connectivity index (χ4v) is 5.49. The Bertz CT molecular complexity index is 1100. The number of benzene rings is 1. The van der Waals surface area contributed by atoms with Gasteiger partial charge in [0.25, 0.3) is 5.56 Å². The van der Waals surface area contributed by atoms with Crippen molar-refractivity contribution in [2.24, 2.45) is 24.1 Å². The highest BCUT2D eigenvalue weighted by Gasteiger charge is 2.55. The first-order valence-corrected chi connectivity index (χ1v) is 11.1. The zero-order chi connectivity index (χ0) is 23.4. The molecule has 1 aromatic heterocycles. The Labute approximate surface area is 193 Å². The van der Waals surface area contributed by atoms with Crippen molar-refractivity contribution in [3.63, 3.8) is 0 Å². The third-order valence-electron chi connectivity index (χ3n) is 7.00. The largest absolute Gasteiger partial charge is 0.391 e. The summed E-state index contributed by atoms with van der Waals surface area (Å²) >= 11 is 12.4. The summed E-state index contributed by atoms with van der Waals surface area (Å²) in [5, 5.41) is 0.503. The maximum Gasteiger partial charge on any atom is 0.391 e. The Morgan fingerprint density at radius 3 is 2.47 bits per heavy atom. The van der Waals surface area contributed by atoms with E-state index in [2.05, 4.69) is 4.98 Å². The Hall–Kier alpha value is -1.97. The van der Waals surface area contributed by atoms with E-state index >= 15 is 0 Å². The Morgan fingerprint density at radius 2 is 1.88 bits per heavy atom. The molecule has 4 rings (SSSR count). The van der Waals surface area contributed by atoms with Crippen molar-refractivity contribution in [3.8, 4) is 11.1 Å². The Kier molecular flexibility index (Phi) is 5.88. The summed E-state index contributed by atoms with van der Waals surface area (Å²) in [7, 11) is 1.58. The van der Waals surface area contributed by atoms with Crippen LogP contribution >= 0.6 is 23.2 Å². The van der Waals surface area contributed by atoms with Crippen molar-refractivity contribution in [2.45, 2.75) is 37.9 Å². The van der Waals surface area contributed by atoms with Crippen molar-refractivity contribution in [3.05, 3.63) is 38.6 Å². The van der Waals surface area contributed by atoms with E-state index in [0.29, 0.717) is 42.5 Å². The summed E-state index contributed by atoms with van der Waals surface area (Å²) in [4.78, 5) is 19.5. The van der Waals surface area contributed by atoms with Crippen molar-refractivity contribution in [2.75, 3.05) is 23.7 Å². The lowest BCUT2D eigenvalue weighted by atomic mass is 9.74. The van der Waals surface area contributed by atoms with Crippen molar-refractivity contribution in [1.29, 1.82) is 0 Å². The standard InChI is InChI=1S/C21H24Cl2F3N5O/c1-30-18(32)15(12-3-2-4-13(22)16(12)23)17(28)29-19(30)31-7-5-20(6-8-31)10-11(9-14(20)27)21(24,25)26/h2-4,11,14H,5-10,27-28H2,1H3/t11-,14+/m0/s1. The minimum absolute atomic E-state index is 0.0160. The zero-order valence-electron chi connectivity index (χ0n) is 17.4. The van der Waals surface area contributed by atoms with Crippen LogP contribution in [0.15, 0.2) is 23.0 Å². The molecule has 4 N–H and O–H groups in total. The second-order valence-electron chi connectivity index (χ2n) is 8.77. The number of nitrogens with zero attached hydrogens (tertiary/aromatic N) is 3. The lowest BCUT2D eigenvalue weighted by Crippen LogP contribution is -2.48. The molecule has 1 spiro atoms. The number of hydrogen-bond acceptors (Lipinski definition) is 5. The van der Waals surface area contributed by atoms with E-state index < -0.39 is 23.6 Å². The lowest BCUT2D eigenvalue weighted by molar-refractivity contribution is -0.174. The average molecular weight is 490 g/mol. The summed E-state index contributed by atoms with van der Waals surface area (Å²) in [6.45, 7) is 0.879. The number of anilines is 2. The summed E-state index contributed by atoms with van der Waals surface area (Å²) in [6, 6.07) is 4.42. The number of piperidine rings is 1. The van der Waals surface area contributed by atoms with E-state index in [1.54, 1.807) is 25.2 Å². The quantitative estimate of drug-likeness (QED) is 0.658. The van der Waals surface area contributed by atoms with Gasteiger partial charge in [0, 0.05) is 31.7 Å². The summed E-state index contributed by atoms with van der Waals surface area (Å²) in [5.41, 5.74) is 11.9. The van der Waals surface area contributed by atoms with Crippen LogP contribution in [-0.2, 0) is 7.05 Å². The van der Waals surface area contributed by atoms with Crippen molar-refractivity contribution < 1.29 is 13.2 Å². The summed E-state index contributed by atoms with van der Waals surface area (Å²) in [5.74, 6) is -0.977. The maximum atomic E-state index is 13.2. The molecule has 2 aliphatic rings. The number of rotatable bonds is 2. The van der Waals surface area contributed by atoms with Crippen LogP contribution in [0.25, 0.3) is 11.1 Å². The fraction of sp³-hybridized carbons (Fsp3) is 0.524. The van der Waals surface area contributed by atoms with E-state index in [1.807, 2.05) is 4.90 Å². The van der Waals surface area contributed by atoms with Crippen molar-refractivity contribution in [1.82, 2.24) is 9.55 Å². The number of hydrogen-bond donors (Lipinski definition) is 2. The van der Waals surface area contributed by atoms with Gasteiger partial charge in [-0.05, 0) is 37.2 Å². The smallest absolute Gasteiger partial charge is 0.383 e. The van der Waals surface area contributed by atoms with Crippen LogP contribution in [0.1, 0.15) is 25.7 Å². The van der Waals surface area contributed by atoms with Gasteiger partial charge >= 0.3 is 6.18 Å². The molecule has 2 fully saturated rings. The number of alkyl halides is 3. The molecule has 1 saturated carbocycles. The SMILES string of the molecule is Cn1c(N2CCC3(CC2)C[C@@H](C(F)(F)F)C[C@H]3N)nc(N)c(-c2cccc(Cl)c2Cl)c1=O. The molecule has 0 bridgehead atoms. The highest BCUT2D eigenvalue weighted by atomic mass is 35.5. The molecule has 1 aliphatic carbocycles. The molecule has 2 heterocycles. The number of halogens is 5. The lowest BCUT2D eigenvalue weighted by Gasteiger charge is -2.42. The van der Waals surface area contributed by atoms with E-state index in [1.165, 1.54) is 4.57 Å². The first-order chi connectivity index (χ1) is 14.9. The van der Waals surface area contributed by atoms with Crippen LogP contribution in [0.3, 0.4) is 0 Å². The van der Waals surface area contributed by atoms with Gasteiger partial charge in [0.1, 0.15) is 5.82 Å². The van der Waals surface area contributed by atoms with Gasteiger partial charge in [-0.1, -0.05) is 35.3 Å². The molecule has 6 nitrogen and oxygen atoms in total. The van der Waals surface area contributed by atoms with Gasteiger partial charge in [-0.2, -0.15) is 18.2 Å². The molecule has 2 aromatic rings. The van der Waals surface area contributed by atoms with Crippen LogP contribution in [0.5, 0.6) is 0 Å². The van der Waals surface area contributed by atoms with Crippen molar-refractivity contribution >= 4 is 35.0 Å². The number of aromatic nitrogens is 2. The van der Waals surface area contributed by atoms with Gasteiger partial charge in [0.05, 0.1) is 21.5 Å². The molecular formula is C21H24Cl2F3N5O. The predicted octanol–water partition coefficient (Wildman–Crippen LogP) is 4.22. The van der Waals surface area contributed by atoms with Gasteiger partial charge in [-0.15, -0.1) is 0 Å². The fourth-order valence-electron chi connectivity index (χ4n) is 5.10. The van der Waals surface area contributed by atoms with Crippen LogP contribution in [0.2, 0.25) is 10.0 Å². The first kappa shape index (κ1) is 23.2. The van der Waals surface area contributed by atoms with Gasteiger partial charge < -0.3 is 16.4 Å². The topological polar surface area (TPSA) is 90.2 Å². The number of nitrogen functional groups attached to an aromatic ring is 1. The highest BCUT2D eigenvalue weighted by Crippen LogP contribution is 2.52. The minimum atomic E-state index is -4.23. The van der Waals surface area contributed by atoms with E-state index in [0.717, 1.165) is 0 Å². The second kappa shape index (κ2) is 8.11. The third-order valence-corrected chi connectivity index (χ3v) is 7.82. The molecular weight excluding hydrogens is 466 g/mol. The molecule has 1 aromatic carbocycles.